The normalized spacial score (nSPS) is 19.8. The molecule has 5 atom stereocenters. The van der Waals surface area contributed by atoms with E-state index < -0.39 is 55.4 Å². The predicted molar refractivity (Wildman–Crippen MR) is 334 cm³/mol. The molecule has 5 unspecified atom stereocenters. The van der Waals surface area contributed by atoms with Gasteiger partial charge < -0.3 is 81.1 Å². The Hall–Kier alpha value is -4.27. The summed E-state index contributed by atoms with van der Waals surface area (Å²) in [6, 6.07) is 5.18. The van der Waals surface area contributed by atoms with Crippen LogP contribution in [0.1, 0.15) is 84.6 Å². The molecule has 3 aliphatic rings. The number of phenols is 1. The van der Waals surface area contributed by atoms with Crippen LogP contribution in [0.2, 0.25) is 0 Å². The Morgan fingerprint density at radius 2 is 1.19 bits per heavy atom. The number of hydroxylamine groups is 2. The van der Waals surface area contributed by atoms with Crippen LogP contribution in [-0.2, 0) is 97.3 Å². The molecule has 2 saturated heterocycles. The zero-order chi connectivity index (χ0) is 64.8. The Labute approximate surface area is 529 Å². The number of nitrogens with zero attached hydrogens (tertiary/aromatic N) is 3. The van der Waals surface area contributed by atoms with Gasteiger partial charge in [0.2, 0.25) is 0 Å². The summed E-state index contributed by atoms with van der Waals surface area (Å²) in [5.41, 5.74) is 1.87. The number of benzene rings is 1. The molecule has 0 spiro atoms. The Bertz CT molecular complexity index is 2420. The van der Waals surface area contributed by atoms with E-state index in [-0.39, 0.29) is 61.8 Å². The van der Waals surface area contributed by atoms with Crippen molar-refractivity contribution >= 4 is 50.2 Å². The van der Waals surface area contributed by atoms with Gasteiger partial charge in [-0.1, -0.05) is 58.1 Å². The Kier molecular flexibility index (Phi) is 37.8. The predicted octanol–water partition coefficient (Wildman–Crippen LogP) is 5.83. The summed E-state index contributed by atoms with van der Waals surface area (Å²) in [5.74, 6) is -2.68. The quantitative estimate of drug-likeness (QED) is 0.0173. The summed E-state index contributed by atoms with van der Waals surface area (Å²) in [4.78, 5) is 46.8. The summed E-state index contributed by atoms with van der Waals surface area (Å²) in [6.07, 6.45) is 12.7. The minimum absolute atomic E-state index is 0.0241. The molecular formula is C62H101N3O22S2. The number of allylic oxidation sites excluding steroid dienone is 6. The van der Waals surface area contributed by atoms with Crippen molar-refractivity contribution in [3.05, 3.63) is 65.9 Å². The van der Waals surface area contributed by atoms with Gasteiger partial charge in [0.25, 0.3) is 21.9 Å². The molecule has 2 heterocycles. The van der Waals surface area contributed by atoms with Crippen LogP contribution in [0.3, 0.4) is 0 Å². The third-order valence-electron chi connectivity index (χ3n) is 14.8. The highest BCUT2D eigenvalue weighted by molar-refractivity contribution is 7.85. The van der Waals surface area contributed by atoms with Crippen molar-refractivity contribution in [2.24, 2.45) is 16.7 Å². The molecule has 25 nitrogen and oxygen atoms in total. The lowest BCUT2D eigenvalue weighted by molar-refractivity contribution is -0.197. The number of carbonyl (C=O) groups excluding carboxylic acids is 3. The summed E-state index contributed by atoms with van der Waals surface area (Å²) >= 11 is -2.19. The van der Waals surface area contributed by atoms with E-state index in [1.165, 1.54) is 0 Å². The summed E-state index contributed by atoms with van der Waals surface area (Å²) in [5, 5.41) is 11.8. The molecule has 2 aliphatic heterocycles. The van der Waals surface area contributed by atoms with E-state index in [9.17, 15) is 41.2 Å². The van der Waals surface area contributed by atoms with Crippen LogP contribution >= 0.6 is 0 Å². The molecule has 1 aromatic carbocycles. The minimum atomic E-state index is -4.31. The average Bonchev–Trinajstić information content (AvgIpc) is 1.78. The molecule has 27 heteroatoms. The number of rotatable bonds is 51. The van der Waals surface area contributed by atoms with E-state index in [0.29, 0.717) is 188 Å². The van der Waals surface area contributed by atoms with Crippen molar-refractivity contribution in [1.29, 1.82) is 0 Å². The summed E-state index contributed by atoms with van der Waals surface area (Å²) in [7, 11) is -1.06. The molecule has 508 valence electrons. The first kappa shape index (κ1) is 77.2. The standard InChI is InChI=1S/C62H101N3O22S2/c1-61(2,3)21-19-50(10-7-11-57-62(4,20-8-12-60(69)87-65-58(67)17-18-59(65)68)54-49-52(88(70)71)14-16-55(54)64(57)22-9-47-89(72,73)74)53-15-13-51(48-56(53)66)63(23-25-77-31-33-81-39-41-85-45-43-83-37-35-79-29-27-75-5)24-26-78-32-34-82-40-42-86-46-44-84-38-36-80-30-28-76-6/h7,10-11,13-16,19,48,52,54-55,66H,8-9,12,17-18,20-47,49H2,1-6H3,(H,70,71)(H,72,73,74)/b10-7+,50-19-,57-11-. The molecule has 2 amide bonds. The Morgan fingerprint density at radius 1 is 0.719 bits per heavy atom. The van der Waals surface area contributed by atoms with Crippen LogP contribution in [0.4, 0.5) is 5.69 Å². The van der Waals surface area contributed by atoms with Crippen molar-refractivity contribution in [3.8, 4) is 5.75 Å². The van der Waals surface area contributed by atoms with Crippen LogP contribution in [0.25, 0.3) is 5.57 Å². The number of hydrogen-bond donors (Lipinski definition) is 3. The first-order valence-electron chi connectivity index (χ1n) is 30.8. The van der Waals surface area contributed by atoms with E-state index in [0.717, 1.165) is 17.0 Å². The maximum absolute atomic E-state index is 13.1. The number of aromatic hydroxyl groups is 1. The van der Waals surface area contributed by atoms with E-state index in [1.54, 1.807) is 26.4 Å². The number of anilines is 1. The monoisotopic (exact) mass is 1300 g/mol. The first-order chi connectivity index (χ1) is 42.8. The van der Waals surface area contributed by atoms with E-state index in [2.05, 4.69) is 36.6 Å². The highest BCUT2D eigenvalue weighted by Gasteiger charge is 2.53. The van der Waals surface area contributed by atoms with Gasteiger partial charge in [0, 0.05) is 81.5 Å². The number of hydrogen-bond acceptors (Lipinski definition) is 22. The molecule has 3 N–H and O–H groups in total. The van der Waals surface area contributed by atoms with Crippen LogP contribution in [0.15, 0.2) is 60.4 Å². The molecule has 4 rings (SSSR count). The molecule has 0 bridgehead atoms. The van der Waals surface area contributed by atoms with E-state index in [4.69, 9.17) is 61.7 Å². The maximum atomic E-state index is 13.1. The molecule has 1 aromatic rings. The number of likely N-dealkylation sites (tertiary alicyclic amines) is 1. The van der Waals surface area contributed by atoms with Gasteiger partial charge in [-0.05, 0) is 67.2 Å². The topological polar surface area (TPSA) is 293 Å². The van der Waals surface area contributed by atoms with Crippen molar-refractivity contribution < 1.29 is 103 Å². The zero-order valence-corrected chi connectivity index (χ0v) is 54.9. The van der Waals surface area contributed by atoms with Crippen molar-refractivity contribution in [1.82, 2.24) is 9.96 Å². The third kappa shape index (κ3) is 30.8. The molecule has 2 fully saturated rings. The van der Waals surface area contributed by atoms with Gasteiger partial charge in [0.05, 0.1) is 162 Å². The Balaban J connectivity index is 1.49. The van der Waals surface area contributed by atoms with Gasteiger partial charge in [-0.3, -0.25) is 14.1 Å². The van der Waals surface area contributed by atoms with Gasteiger partial charge in [-0.15, -0.1) is 5.06 Å². The second-order valence-corrected chi connectivity index (χ2v) is 25.5. The number of ether oxygens (including phenoxy) is 12. The minimum Gasteiger partial charge on any atom is -0.507 e. The van der Waals surface area contributed by atoms with Crippen molar-refractivity contribution in [2.45, 2.75) is 90.4 Å². The SMILES string of the molecule is COCCOCCOCCOCCOCCOCCN(CCOCCOCCOCCOCCOCCOC)c1ccc(C(=C\CC(C)(C)C)/C=C/C=C2\N(CCCS(=O)(=O)O)C3C=CC(S(=O)O)CC3C2(C)CCCC(=O)ON2C(=O)CCC2=O)c(O)c1. The number of carbonyl (C=O) groups is 3. The van der Waals surface area contributed by atoms with Crippen molar-refractivity contribution in [3.63, 3.8) is 0 Å². The first-order valence-corrected chi connectivity index (χ1v) is 33.5. The van der Waals surface area contributed by atoms with Gasteiger partial charge in [0.15, 0.2) is 11.1 Å². The van der Waals surface area contributed by atoms with Gasteiger partial charge in [-0.25, -0.2) is 9.00 Å². The van der Waals surface area contributed by atoms with Gasteiger partial charge in [-0.2, -0.15) is 8.42 Å². The van der Waals surface area contributed by atoms with Crippen LogP contribution in [0.5, 0.6) is 5.75 Å². The molecule has 0 radical (unpaired) electrons. The van der Waals surface area contributed by atoms with Crippen LogP contribution in [-0.4, -0.2) is 251 Å². The maximum Gasteiger partial charge on any atom is 0.333 e. The number of methoxy groups -OCH3 is 2. The largest absolute Gasteiger partial charge is 0.507 e. The van der Waals surface area contributed by atoms with Crippen molar-refractivity contribution in [2.75, 3.05) is 190 Å². The molecular weight excluding hydrogens is 1200 g/mol. The second-order valence-electron chi connectivity index (χ2n) is 22.8. The smallest absolute Gasteiger partial charge is 0.333 e. The number of phenolic OH excluding ortho intramolecular Hbond substituents is 1. The molecule has 89 heavy (non-hydrogen) atoms. The third-order valence-corrected chi connectivity index (χ3v) is 16.5. The van der Waals surface area contributed by atoms with Gasteiger partial charge >= 0.3 is 5.97 Å². The molecule has 0 aromatic heterocycles. The van der Waals surface area contributed by atoms with Crippen LogP contribution < -0.4 is 4.90 Å². The summed E-state index contributed by atoms with van der Waals surface area (Å²) in [6.45, 7) is 19.1. The fourth-order valence-corrected chi connectivity index (χ4v) is 11.3. The highest BCUT2D eigenvalue weighted by atomic mass is 32.2. The number of amides is 2. The van der Waals surface area contributed by atoms with E-state index in [1.807, 2.05) is 43.4 Å². The lowest BCUT2D eigenvalue weighted by atomic mass is 9.68. The zero-order valence-electron chi connectivity index (χ0n) is 53.2. The molecule has 0 saturated carbocycles. The highest BCUT2D eigenvalue weighted by Crippen LogP contribution is 2.55. The van der Waals surface area contributed by atoms with Gasteiger partial charge in [0.1, 0.15) is 5.75 Å². The van der Waals surface area contributed by atoms with Crippen LogP contribution in [0, 0.1) is 16.7 Å². The Morgan fingerprint density at radius 3 is 1.63 bits per heavy atom. The van der Waals surface area contributed by atoms with E-state index >= 15 is 0 Å². The fourth-order valence-electron chi connectivity index (χ4n) is 10.2. The average molecular weight is 1300 g/mol. The lowest BCUT2D eigenvalue weighted by Gasteiger charge is -2.35. The second kappa shape index (κ2) is 43.5. The lowest BCUT2D eigenvalue weighted by Crippen LogP contribution is -2.38. The fraction of sp³-hybridized carbons (Fsp3) is 0.726. The number of fused-ring (bicyclic) bond motifs is 1. The molecule has 1 aliphatic carbocycles. The number of imide groups is 1. The summed E-state index contributed by atoms with van der Waals surface area (Å²) < 4.78 is 123.